The van der Waals surface area contributed by atoms with Crippen LogP contribution < -0.4 is 5.19 Å². The second kappa shape index (κ2) is 17.7. The third-order valence-corrected chi connectivity index (χ3v) is 19.8. The molecule has 0 saturated carbocycles. The zero-order valence-corrected chi connectivity index (χ0v) is 31.3. The van der Waals surface area contributed by atoms with Gasteiger partial charge in [0.05, 0.1) is 0 Å². The topological polar surface area (TPSA) is 0 Å². The van der Waals surface area contributed by atoms with Crippen LogP contribution in [0.3, 0.4) is 0 Å². The molecule has 2 atom stereocenters. The van der Waals surface area contributed by atoms with E-state index in [1.165, 1.54) is 120 Å². The molecule has 40 heavy (non-hydrogen) atoms. The van der Waals surface area contributed by atoms with Crippen molar-refractivity contribution in [3.05, 3.63) is 49.9 Å². The van der Waals surface area contributed by atoms with Crippen LogP contribution in [0.25, 0.3) is 0 Å². The summed E-state index contributed by atoms with van der Waals surface area (Å²) in [5, 5.41) is 7.21. The van der Waals surface area contributed by atoms with Gasteiger partial charge in [-0.15, -0.1) is 0 Å². The Hall–Kier alpha value is -0.369. The van der Waals surface area contributed by atoms with Crippen LogP contribution in [0.1, 0.15) is 148 Å². The van der Waals surface area contributed by atoms with Gasteiger partial charge in [-0.1, -0.05) is 58.3 Å². The zero-order valence-electron chi connectivity index (χ0n) is 28.8. The van der Waals surface area contributed by atoms with E-state index in [4.69, 9.17) is 0 Å². The third-order valence-electron chi connectivity index (χ3n) is 10.7. The average Bonchev–Trinajstić information content (AvgIpc) is 3.08. The van der Waals surface area contributed by atoms with Gasteiger partial charge in [0, 0.05) is 0 Å². The van der Waals surface area contributed by atoms with Gasteiger partial charge in [0.1, 0.15) is 0 Å². The van der Waals surface area contributed by atoms with Crippen LogP contribution in [0.4, 0.5) is 0 Å². The van der Waals surface area contributed by atoms with Crippen LogP contribution in [0.5, 0.6) is 0 Å². The molecular weight excluding hydrogens is 532 g/mol. The summed E-state index contributed by atoms with van der Waals surface area (Å²) in [4.78, 5) is 0. The van der Waals surface area contributed by atoms with Gasteiger partial charge in [-0.3, -0.25) is 0 Å². The number of allylic oxidation sites excluding steroid dienone is 4. The van der Waals surface area contributed by atoms with Crippen LogP contribution in [0.2, 0.25) is 28.1 Å². The van der Waals surface area contributed by atoms with Crippen molar-refractivity contribution in [2.75, 3.05) is 0 Å². The zero-order chi connectivity index (χ0) is 29.8. The van der Waals surface area contributed by atoms with Crippen LogP contribution in [0.15, 0.2) is 38.8 Å². The first-order chi connectivity index (χ1) is 19.0. The molecule has 0 N–H and O–H groups in total. The molecule has 227 valence electrons. The van der Waals surface area contributed by atoms with Crippen LogP contribution in [0, 0.1) is 13.8 Å². The fourth-order valence-corrected chi connectivity index (χ4v) is 18.8. The average molecular weight is 600 g/mol. The number of aryl methyl sites for hydroxylation is 2. The minimum atomic E-state index is -1.83. The number of benzene rings is 1. The Balaban J connectivity index is 1.89. The molecule has 0 bridgehead atoms. The molecule has 0 amide bonds. The molecule has 1 aromatic rings. The first-order valence-electron chi connectivity index (χ1n) is 17.3. The summed E-state index contributed by atoms with van der Waals surface area (Å²) in [5.41, 5.74) is 7.88. The molecule has 0 heterocycles. The van der Waals surface area contributed by atoms with Gasteiger partial charge in [-0.05, 0) is 0 Å². The van der Waals surface area contributed by atoms with Gasteiger partial charge in [-0.2, -0.15) is 0 Å². The third kappa shape index (κ3) is 9.31. The summed E-state index contributed by atoms with van der Waals surface area (Å²) >= 11 is -1.25. The summed E-state index contributed by atoms with van der Waals surface area (Å²) in [7, 11) is -1.83. The van der Waals surface area contributed by atoms with Crippen molar-refractivity contribution in [2.45, 2.75) is 179 Å². The molecule has 0 aromatic heterocycles. The van der Waals surface area contributed by atoms with E-state index in [1.54, 1.807) is 21.9 Å². The van der Waals surface area contributed by atoms with Gasteiger partial charge in [0.15, 0.2) is 0 Å². The number of hydrogen-bond donors (Lipinski definition) is 0. The molecule has 0 spiro atoms. The van der Waals surface area contributed by atoms with E-state index in [9.17, 15) is 0 Å². The Morgan fingerprint density at radius 3 is 1.40 bits per heavy atom. The summed E-state index contributed by atoms with van der Waals surface area (Å²) in [6.07, 6.45) is 23.1. The fourth-order valence-electron chi connectivity index (χ4n) is 7.97. The first-order valence-corrected chi connectivity index (χ1v) is 23.9. The maximum atomic E-state index is 2.77. The number of unbranched alkanes of at least 4 members (excludes halogenated alkanes) is 15. The Bertz CT molecular complexity index is 949. The van der Waals surface area contributed by atoms with Crippen LogP contribution >= 0.6 is 0 Å². The van der Waals surface area contributed by atoms with E-state index >= 15 is 0 Å². The Morgan fingerprint density at radius 1 is 0.600 bits per heavy atom. The van der Waals surface area contributed by atoms with Crippen molar-refractivity contribution < 1.29 is 17.9 Å². The predicted molar refractivity (Wildman–Crippen MR) is 183 cm³/mol. The Kier molecular flexibility index (Phi) is 15.8. The van der Waals surface area contributed by atoms with Gasteiger partial charge in [-0.25, -0.2) is 0 Å². The van der Waals surface area contributed by atoms with Crippen molar-refractivity contribution in [3.63, 3.8) is 0 Å². The van der Waals surface area contributed by atoms with E-state index in [2.05, 4.69) is 83.7 Å². The van der Waals surface area contributed by atoms with Crippen molar-refractivity contribution in [1.82, 2.24) is 0 Å². The molecule has 2 unspecified atom stereocenters. The van der Waals surface area contributed by atoms with Gasteiger partial charge in [0.25, 0.3) is 0 Å². The molecule has 1 aliphatic carbocycles. The van der Waals surface area contributed by atoms with E-state index in [0.717, 1.165) is 0 Å². The molecule has 1 aliphatic rings. The Labute approximate surface area is 259 Å². The minimum absolute atomic E-state index is 0.287. The van der Waals surface area contributed by atoms with Crippen molar-refractivity contribution >= 4 is 13.3 Å². The summed E-state index contributed by atoms with van der Waals surface area (Å²) < 4.78 is 1.91. The quantitative estimate of drug-likeness (QED) is 0.103. The van der Waals surface area contributed by atoms with E-state index in [-0.39, 0.29) is 5.04 Å². The second-order valence-corrected chi connectivity index (χ2v) is 22.8. The fraction of sp³-hybridized carbons (Fsp3) is 0.737. The van der Waals surface area contributed by atoms with E-state index in [0.29, 0.717) is 0 Å². The normalized spacial score (nSPS) is 19.1. The van der Waals surface area contributed by atoms with Gasteiger partial charge >= 0.3 is 202 Å². The molecule has 2 heteroatoms. The predicted octanol–water partition coefficient (Wildman–Crippen LogP) is 12.9. The van der Waals surface area contributed by atoms with E-state index < -0.39 is 25.9 Å². The van der Waals surface area contributed by atoms with E-state index in [1.807, 2.05) is 3.88 Å². The number of rotatable bonds is 20. The first kappa shape index (κ1) is 35.8. The molecular formula is C38H67SiTi. The standard InChI is InChI=1S/C36H61Si.2CH3.Ti/c1-9-10-11-12-13-14-15-16-17-18-19-20-21-22-23-24-25-37(8,35-27-30(2)26-31(3)28-35)36(7)29-32(4)33(5)34(36)6;;;/h26-28H,9-25H2,1-8H3;2*1H3;. The molecule has 2 rings (SSSR count). The molecule has 0 radical (unpaired) electrons. The van der Waals surface area contributed by atoms with Crippen molar-refractivity contribution in [1.29, 1.82) is 0 Å². The van der Waals surface area contributed by atoms with Crippen LogP contribution in [-0.2, 0) is 17.9 Å². The van der Waals surface area contributed by atoms with Gasteiger partial charge in [0.2, 0.25) is 0 Å². The van der Waals surface area contributed by atoms with Crippen LogP contribution in [-0.4, -0.2) is 8.07 Å². The summed E-state index contributed by atoms with van der Waals surface area (Å²) in [5.74, 6) is 0. The SMILES string of the molecule is CCCCCCCCCCCCCCCCCC[Si](C)(c1cc(C)cc(C)c1)C1(C)C(C)=C(C)C(C)=[C]1[Ti]([CH3])[CH3]. The monoisotopic (exact) mass is 599 g/mol. The Morgan fingerprint density at radius 2 is 1.00 bits per heavy atom. The maximum absolute atomic E-state index is 2.77. The molecule has 0 aliphatic heterocycles. The second-order valence-electron chi connectivity index (χ2n) is 14.1. The summed E-state index contributed by atoms with van der Waals surface area (Å²) in [6, 6.07) is 8.96. The molecule has 0 saturated heterocycles. The molecule has 0 nitrogen and oxygen atoms in total. The van der Waals surface area contributed by atoms with Crippen molar-refractivity contribution in [3.8, 4) is 0 Å². The van der Waals surface area contributed by atoms with Gasteiger partial charge < -0.3 is 0 Å². The number of hydrogen-bond acceptors (Lipinski definition) is 0. The molecule has 0 fully saturated rings. The van der Waals surface area contributed by atoms with Crippen molar-refractivity contribution in [2.24, 2.45) is 0 Å². The summed E-state index contributed by atoms with van der Waals surface area (Å²) in [6.45, 7) is 19.7. The molecule has 1 aromatic carbocycles.